The minimum Gasteiger partial charge on any atom is -0.456 e. The molecule has 37 heavy (non-hydrogen) atoms. The fourth-order valence-electron chi connectivity index (χ4n) is 3.18. The number of carbonyl (C=O) groups is 2. The van der Waals surface area contributed by atoms with Crippen LogP contribution < -0.4 is 0 Å². The van der Waals surface area contributed by atoms with Crippen molar-refractivity contribution < 1.29 is 13.7 Å². The molecule has 0 rings (SSSR count). The highest BCUT2D eigenvalue weighted by Gasteiger charge is 2.30. The van der Waals surface area contributed by atoms with Crippen LogP contribution in [0.4, 0.5) is 0 Å². The first-order chi connectivity index (χ1) is 17.2. The lowest BCUT2D eigenvalue weighted by atomic mass is 10.0. The van der Waals surface area contributed by atoms with E-state index in [2.05, 4.69) is 26.9 Å². The molecule has 0 aliphatic heterocycles. The molecule has 0 aromatic rings. The van der Waals surface area contributed by atoms with Gasteiger partial charge in [-0.15, -0.1) is 23.5 Å². The number of hydrogen-bond donors (Lipinski definition) is 0. The summed E-state index contributed by atoms with van der Waals surface area (Å²) in [6, 6.07) is 2.09. The molecule has 0 heterocycles. The zero-order chi connectivity index (χ0) is 28.5. The number of thioether (sulfide) groups is 4. The second-order valence-corrected chi connectivity index (χ2v) is 24.2. The van der Waals surface area contributed by atoms with E-state index in [-0.39, 0.29) is 11.6 Å². The minimum atomic E-state index is -1.72. The largest absolute Gasteiger partial charge is 0.456 e. The van der Waals surface area contributed by atoms with Crippen molar-refractivity contribution in [3.63, 3.8) is 0 Å². The van der Waals surface area contributed by atoms with Crippen LogP contribution in [0.3, 0.4) is 0 Å². The number of Topliss-reactive ketones (excluding diaryl/α,β-unsaturated/α-hetero) is 2. The van der Waals surface area contributed by atoms with E-state index in [4.69, 9.17) is 28.6 Å². The summed E-state index contributed by atoms with van der Waals surface area (Å²) in [5.74, 6) is 2.60. The lowest BCUT2D eigenvalue weighted by Crippen LogP contribution is -2.32. The van der Waals surface area contributed by atoms with E-state index in [9.17, 15) is 9.59 Å². The van der Waals surface area contributed by atoms with Gasteiger partial charge in [0.1, 0.15) is 18.6 Å². The first-order valence-electron chi connectivity index (χ1n) is 13.4. The Hall–Kier alpha value is 1.31. The van der Waals surface area contributed by atoms with Gasteiger partial charge in [-0.3, -0.25) is 9.59 Å². The quantitative estimate of drug-likeness (QED) is 0.0724. The Labute approximate surface area is 259 Å². The molecule has 11 heteroatoms. The summed E-state index contributed by atoms with van der Waals surface area (Å²) >= 11 is 17.3. The van der Waals surface area contributed by atoms with Crippen molar-refractivity contribution in [1.29, 1.82) is 0 Å². The maximum absolute atomic E-state index is 12.7. The molecule has 0 aliphatic rings. The average molecular weight is 657 g/mol. The highest BCUT2D eigenvalue weighted by atomic mass is 32.2. The van der Waals surface area contributed by atoms with Crippen molar-refractivity contribution in [2.45, 2.75) is 128 Å². The van der Waals surface area contributed by atoms with Crippen molar-refractivity contribution >= 4 is 108 Å². The van der Waals surface area contributed by atoms with Gasteiger partial charge in [0.15, 0.2) is 8.32 Å². The Morgan fingerprint density at radius 2 is 1.22 bits per heavy atom. The molecular weight excluding hydrogens is 609 g/mol. The van der Waals surface area contributed by atoms with Crippen LogP contribution in [0.15, 0.2) is 0 Å². The summed E-state index contributed by atoms with van der Waals surface area (Å²) in [6.45, 7) is 16.8. The van der Waals surface area contributed by atoms with E-state index in [1.165, 1.54) is 11.8 Å². The molecule has 214 valence electrons. The second kappa shape index (κ2) is 20.2. The SMILES string of the molecule is CCCSC(=S)SC(C)(C)C(=O)CCCC[Si]O[Si](C)(C)CCCCC(=O)C(C)(C)SC(=S)SCCC. The van der Waals surface area contributed by atoms with E-state index in [0.29, 0.717) is 22.6 Å². The lowest BCUT2D eigenvalue weighted by molar-refractivity contribution is -0.121. The highest BCUT2D eigenvalue weighted by Crippen LogP contribution is 2.34. The van der Waals surface area contributed by atoms with Crippen molar-refractivity contribution in [3.8, 4) is 0 Å². The number of ketones is 2. The zero-order valence-corrected chi connectivity index (χ0v) is 31.1. The van der Waals surface area contributed by atoms with Crippen LogP contribution in [0.1, 0.15) is 92.9 Å². The summed E-state index contributed by atoms with van der Waals surface area (Å²) in [6.07, 6.45) is 7.27. The van der Waals surface area contributed by atoms with Gasteiger partial charge in [-0.25, -0.2) is 0 Å². The molecule has 3 nitrogen and oxygen atoms in total. The fraction of sp³-hybridized carbons (Fsp3) is 0.846. The first-order valence-corrected chi connectivity index (χ1v) is 22.0. The molecule has 0 aliphatic carbocycles. The number of rotatable bonds is 20. The van der Waals surface area contributed by atoms with Gasteiger partial charge < -0.3 is 4.12 Å². The number of hydrogen-bond acceptors (Lipinski definition) is 9. The molecule has 0 aromatic carbocycles. The van der Waals surface area contributed by atoms with Crippen LogP contribution in [0.25, 0.3) is 0 Å². The normalized spacial score (nSPS) is 12.5. The molecule has 0 saturated heterocycles. The van der Waals surface area contributed by atoms with Gasteiger partial charge >= 0.3 is 0 Å². The Kier molecular flexibility index (Phi) is 21.0. The molecule has 2 radical (unpaired) electrons. The van der Waals surface area contributed by atoms with Crippen molar-refractivity contribution in [2.75, 3.05) is 11.5 Å². The molecule has 0 atom stereocenters. The molecule has 0 bridgehead atoms. The van der Waals surface area contributed by atoms with E-state index < -0.39 is 17.8 Å². The van der Waals surface area contributed by atoms with E-state index in [0.717, 1.165) is 69.2 Å². The zero-order valence-electron chi connectivity index (χ0n) is 24.2. The molecule has 0 N–H and O–H groups in total. The van der Waals surface area contributed by atoms with Crippen molar-refractivity contribution in [1.82, 2.24) is 0 Å². The smallest absolute Gasteiger partial charge is 0.215 e. The second-order valence-electron chi connectivity index (χ2n) is 10.7. The summed E-state index contributed by atoms with van der Waals surface area (Å²) in [7, 11) is -1.22. The third-order valence-corrected chi connectivity index (χ3v) is 16.4. The predicted octanol–water partition coefficient (Wildman–Crippen LogP) is 9.60. The Balaban J connectivity index is 4.12. The van der Waals surface area contributed by atoms with E-state index in [1.54, 1.807) is 35.3 Å². The standard InChI is InChI=1S/C26H48O3S6Si2/c1-9-17-32-23(30)34-25(3,4)21(27)15-11-13-19-36-29-37(7,8)20-14-12-16-22(28)26(5,6)35-24(31)33-18-10-2/h9-20H2,1-8H3. The van der Waals surface area contributed by atoms with Gasteiger partial charge in [0.25, 0.3) is 0 Å². The van der Waals surface area contributed by atoms with Crippen molar-refractivity contribution in [3.05, 3.63) is 0 Å². The van der Waals surface area contributed by atoms with Crippen LogP contribution in [0, 0.1) is 0 Å². The van der Waals surface area contributed by atoms with Gasteiger partial charge in [0.05, 0.1) is 9.49 Å². The van der Waals surface area contributed by atoms with Gasteiger partial charge in [-0.05, 0) is 90.1 Å². The first kappa shape index (κ1) is 38.3. The average Bonchev–Trinajstić information content (AvgIpc) is 2.80. The predicted molar refractivity (Wildman–Crippen MR) is 186 cm³/mol. The molecule has 0 aromatic heterocycles. The molecule has 0 saturated carbocycles. The molecule has 0 fully saturated rings. The van der Waals surface area contributed by atoms with Crippen LogP contribution in [0.2, 0.25) is 25.2 Å². The summed E-state index contributed by atoms with van der Waals surface area (Å²) in [5.41, 5.74) is 0. The molecular formula is C26H48O3S6Si2. The Bertz CT molecular complexity index is 729. The minimum absolute atomic E-state index is 0.286. The van der Waals surface area contributed by atoms with Gasteiger partial charge in [-0.1, -0.05) is 74.6 Å². The number of carbonyl (C=O) groups excluding carboxylic acids is 2. The van der Waals surface area contributed by atoms with Crippen LogP contribution in [-0.4, -0.2) is 57.7 Å². The Morgan fingerprint density at radius 3 is 1.65 bits per heavy atom. The maximum Gasteiger partial charge on any atom is 0.215 e. The summed E-state index contributed by atoms with van der Waals surface area (Å²) in [5, 5.41) is 0. The Morgan fingerprint density at radius 1 is 0.784 bits per heavy atom. The van der Waals surface area contributed by atoms with E-state index in [1.807, 2.05) is 27.7 Å². The van der Waals surface area contributed by atoms with Crippen LogP contribution >= 0.6 is 71.5 Å². The molecule has 0 unspecified atom stereocenters. The topological polar surface area (TPSA) is 43.4 Å². The number of unbranched alkanes of at least 4 members (excludes halogenated alkanes) is 2. The fourth-order valence-corrected chi connectivity index (χ4v) is 13.0. The van der Waals surface area contributed by atoms with Crippen molar-refractivity contribution in [2.24, 2.45) is 0 Å². The third kappa shape index (κ3) is 19.1. The summed E-state index contributed by atoms with van der Waals surface area (Å²) in [4.78, 5) is 25.4. The monoisotopic (exact) mass is 656 g/mol. The highest BCUT2D eigenvalue weighted by molar-refractivity contribution is 8.48. The maximum atomic E-state index is 12.7. The van der Waals surface area contributed by atoms with Gasteiger partial charge in [0.2, 0.25) is 9.76 Å². The molecule has 0 amide bonds. The van der Waals surface area contributed by atoms with E-state index >= 15 is 0 Å². The third-order valence-electron chi connectivity index (χ3n) is 5.58. The number of thiocarbonyl (C=S) groups is 2. The molecule has 0 spiro atoms. The van der Waals surface area contributed by atoms with Crippen LogP contribution in [-0.2, 0) is 13.7 Å². The van der Waals surface area contributed by atoms with Gasteiger partial charge in [0, 0.05) is 12.8 Å². The van der Waals surface area contributed by atoms with Crippen LogP contribution in [0.5, 0.6) is 0 Å². The summed E-state index contributed by atoms with van der Waals surface area (Å²) < 4.78 is 7.17. The lowest BCUT2D eigenvalue weighted by Gasteiger charge is -2.24. The van der Waals surface area contributed by atoms with Gasteiger partial charge in [-0.2, -0.15) is 0 Å².